The molecular weight excluding hydrogens is 331 g/mol. The van der Waals surface area contributed by atoms with Gasteiger partial charge in [0.05, 0.1) is 10.5 Å². The number of aryl methyl sites for hydroxylation is 1. The quantitative estimate of drug-likeness (QED) is 0.866. The van der Waals surface area contributed by atoms with Gasteiger partial charge in [-0.05, 0) is 47.6 Å². The number of hydrogen-bond acceptors (Lipinski definition) is 1. The minimum Gasteiger partial charge on any atom is -0.309 e. The lowest BCUT2D eigenvalue weighted by Gasteiger charge is -2.19. The van der Waals surface area contributed by atoms with Gasteiger partial charge in [-0.15, -0.1) is 0 Å². The summed E-state index contributed by atoms with van der Waals surface area (Å²) in [5, 5.41) is 2.87. The van der Waals surface area contributed by atoms with Crippen molar-refractivity contribution in [2.75, 3.05) is 7.05 Å². The molecule has 5 heteroatoms. The Labute approximate surface area is 123 Å². The van der Waals surface area contributed by atoms with Crippen molar-refractivity contribution >= 4 is 15.9 Å². The van der Waals surface area contributed by atoms with Crippen LogP contribution in [-0.4, -0.2) is 7.05 Å². The Bertz CT molecular complexity index is 643. The lowest BCUT2D eigenvalue weighted by atomic mass is 9.96. The first-order chi connectivity index (χ1) is 9.45. The van der Waals surface area contributed by atoms with Gasteiger partial charge >= 0.3 is 0 Å². The molecule has 0 heterocycles. The highest BCUT2D eigenvalue weighted by Gasteiger charge is 2.21. The van der Waals surface area contributed by atoms with Crippen LogP contribution in [0.5, 0.6) is 0 Å². The van der Waals surface area contributed by atoms with Crippen LogP contribution in [0, 0.1) is 24.4 Å². The van der Waals surface area contributed by atoms with Gasteiger partial charge in [0.2, 0.25) is 0 Å². The molecule has 20 heavy (non-hydrogen) atoms. The molecule has 1 nitrogen and oxygen atoms in total. The molecule has 0 saturated heterocycles. The SMILES string of the molecule is CNC(c1cc(C)c(F)cc1F)c1cccc(Br)c1F. The van der Waals surface area contributed by atoms with Gasteiger partial charge in [-0.25, -0.2) is 13.2 Å². The predicted molar refractivity (Wildman–Crippen MR) is 76.1 cm³/mol. The van der Waals surface area contributed by atoms with Gasteiger partial charge in [0.25, 0.3) is 0 Å². The maximum atomic E-state index is 14.2. The van der Waals surface area contributed by atoms with Crippen LogP contribution in [0.15, 0.2) is 34.8 Å². The lowest BCUT2D eigenvalue weighted by molar-refractivity contribution is 0.531. The van der Waals surface area contributed by atoms with Crippen LogP contribution in [-0.2, 0) is 0 Å². The van der Waals surface area contributed by atoms with Gasteiger partial charge < -0.3 is 5.32 Å². The Morgan fingerprint density at radius 3 is 2.40 bits per heavy atom. The van der Waals surface area contributed by atoms with E-state index < -0.39 is 23.5 Å². The Balaban J connectivity index is 2.58. The first-order valence-electron chi connectivity index (χ1n) is 6.02. The molecule has 2 rings (SSSR count). The second-order valence-electron chi connectivity index (χ2n) is 4.49. The Hall–Kier alpha value is -1.33. The highest BCUT2D eigenvalue weighted by Crippen LogP contribution is 2.30. The summed E-state index contributed by atoms with van der Waals surface area (Å²) in [4.78, 5) is 0. The van der Waals surface area contributed by atoms with Gasteiger partial charge in [0.15, 0.2) is 0 Å². The van der Waals surface area contributed by atoms with E-state index in [0.717, 1.165) is 6.07 Å². The third-order valence-corrected chi connectivity index (χ3v) is 3.78. The Morgan fingerprint density at radius 2 is 1.75 bits per heavy atom. The number of hydrogen-bond donors (Lipinski definition) is 1. The van der Waals surface area contributed by atoms with Crippen LogP contribution in [0.2, 0.25) is 0 Å². The fourth-order valence-electron chi connectivity index (χ4n) is 2.12. The standard InChI is InChI=1S/C15H13BrF3N/c1-8-6-10(13(18)7-12(8)17)15(20-2)9-4-3-5-11(16)14(9)19/h3-7,15,20H,1-2H3. The smallest absolute Gasteiger partial charge is 0.142 e. The van der Waals surface area contributed by atoms with E-state index in [9.17, 15) is 13.2 Å². The maximum absolute atomic E-state index is 14.2. The van der Waals surface area contributed by atoms with Crippen molar-refractivity contribution in [3.8, 4) is 0 Å². The van der Waals surface area contributed by atoms with E-state index in [4.69, 9.17) is 0 Å². The molecule has 2 aromatic carbocycles. The van der Waals surface area contributed by atoms with E-state index in [0.29, 0.717) is 15.6 Å². The molecule has 0 aromatic heterocycles. The highest BCUT2D eigenvalue weighted by molar-refractivity contribution is 9.10. The molecule has 0 spiro atoms. The molecule has 2 aromatic rings. The molecule has 0 amide bonds. The highest BCUT2D eigenvalue weighted by atomic mass is 79.9. The molecule has 0 fully saturated rings. The van der Waals surface area contributed by atoms with E-state index >= 15 is 0 Å². The van der Waals surface area contributed by atoms with Crippen LogP contribution < -0.4 is 5.32 Å². The van der Waals surface area contributed by atoms with Crippen LogP contribution >= 0.6 is 15.9 Å². The van der Waals surface area contributed by atoms with Crippen molar-refractivity contribution in [2.45, 2.75) is 13.0 Å². The van der Waals surface area contributed by atoms with Crippen molar-refractivity contribution < 1.29 is 13.2 Å². The number of halogens is 4. The zero-order valence-corrected chi connectivity index (χ0v) is 12.6. The lowest BCUT2D eigenvalue weighted by Crippen LogP contribution is -2.20. The average Bonchev–Trinajstić information content (AvgIpc) is 2.41. The summed E-state index contributed by atoms with van der Waals surface area (Å²) in [5.74, 6) is -1.78. The van der Waals surface area contributed by atoms with E-state index in [-0.39, 0.29) is 5.56 Å². The molecule has 0 aliphatic rings. The molecule has 0 aliphatic carbocycles. The first-order valence-corrected chi connectivity index (χ1v) is 6.81. The third-order valence-electron chi connectivity index (χ3n) is 3.17. The van der Waals surface area contributed by atoms with Crippen molar-refractivity contribution in [1.82, 2.24) is 5.32 Å². The Kier molecular flexibility index (Phi) is 4.50. The van der Waals surface area contributed by atoms with Crippen molar-refractivity contribution in [3.05, 3.63) is 68.9 Å². The van der Waals surface area contributed by atoms with Crippen molar-refractivity contribution in [3.63, 3.8) is 0 Å². The topological polar surface area (TPSA) is 12.0 Å². The fraction of sp³-hybridized carbons (Fsp3) is 0.200. The zero-order chi connectivity index (χ0) is 14.9. The normalized spacial score (nSPS) is 12.5. The summed E-state index contributed by atoms with van der Waals surface area (Å²) in [6, 6.07) is 6.34. The van der Waals surface area contributed by atoms with Crippen LogP contribution in [0.25, 0.3) is 0 Å². The molecule has 0 aliphatic heterocycles. The molecule has 1 atom stereocenters. The van der Waals surface area contributed by atoms with Crippen LogP contribution in [0.4, 0.5) is 13.2 Å². The molecule has 1 unspecified atom stereocenters. The van der Waals surface area contributed by atoms with Crippen molar-refractivity contribution in [1.29, 1.82) is 0 Å². The summed E-state index contributed by atoms with van der Waals surface area (Å²) in [6.07, 6.45) is 0. The fourth-order valence-corrected chi connectivity index (χ4v) is 2.50. The predicted octanol–water partition coefficient (Wildman–Crippen LogP) is 4.48. The summed E-state index contributed by atoms with van der Waals surface area (Å²) in [7, 11) is 1.60. The van der Waals surface area contributed by atoms with Gasteiger partial charge in [-0.1, -0.05) is 12.1 Å². The summed E-state index contributed by atoms with van der Waals surface area (Å²) in [6.45, 7) is 1.54. The molecule has 106 valence electrons. The van der Waals surface area contributed by atoms with Crippen LogP contribution in [0.1, 0.15) is 22.7 Å². The Morgan fingerprint density at radius 1 is 1.05 bits per heavy atom. The summed E-state index contributed by atoms with van der Waals surface area (Å²) in [5.41, 5.74) is 0.826. The molecule has 1 N–H and O–H groups in total. The van der Waals surface area contributed by atoms with Gasteiger partial charge in [0, 0.05) is 17.2 Å². The second kappa shape index (κ2) is 5.97. The third kappa shape index (κ3) is 2.74. The number of benzene rings is 2. The summed E-state index contributed by atoms with van der Waals surface area (Å²) >= 11 is 3.10. The van der Waals surface area contributed by atoms with Gasteiger partial charge in [0.1, 0.15) is 17.5 Å². The van der Waals surface area contributed by atoms with Crippen molar-refractivity contribution in [2.24, 2.45) is 0 Å². The van der Waals surface area contributed by atoms with Crippen LogP contribution in [0.3, 0.4) is 0 Å². The minimum atomic E-state index is -0.702. The van der Waals surface area contributed by atoms with Gasteiger partial charge in [-0.3, -0.25) is 0 Å². The second-order valence-corrected chi connectivity index (χ2v) is 5.34. The molecule has 0 saturated carbocycles. The molecule has 0 radical (unpaired) electrons. The van der Waals surface area contributed by atoms with E-state index in [2.05, 4.69) is 21.2 Å². The first kappa shape index (κ1) is 15.1. The maximum Gasteiger partial charge on any atom is 0.142 e. The molecular formula is C15H13BrF3N. The minimum absolute atomic E-state index is 0.211. The molecule has 0 bridgehead atoms. The summed E-state index contributed by atoms with van der Waals surface area (Å²) < 4.78 is 41.8. The largest absolute Gasteiger partial charge is 0.309 e. The zero-order valence-electron chi connectivity index (χ0n) is 11.0. The monoisotopic (exact) mass is 343 g/mol. The van der Waals surface area contributed by atoms with Gasteiger partial charge in [-0.2, -0.15) is 0 Å². The van der Waals surface area contributed by atoms with E-state index in [1.54, 1.807) is 32.2 Å². The average molecular weight is 344 g/mol. The van der Waals surface area contributed by atoms with E-state index in [1.807, 2.05) is 0 Å². The van der Waals surface area contributed by atoms with E-state index in [1.165, 1.54) is 6.07 Å². The number of rotatable bonds is 3. The number of nitrogens with one attached hydrogen (secondary N) is 1.